The van der Waals surface area contributed by atoms with Crippen molar-refractivity contribution >= 4 is 22.6 Å². The summed E-state index contributed by atoms with van der Waals surface area (Å²) in [4.78, 5) is 10.0. The largest absolute Gasteiger partial charge is 0.322 e. The average Bonchev–Trinajstić information content (AvgIpc) is 3.04. The van der Waals surface area contributed by atoms with E-state index < -0.39 is 0 Å². The van der Waals surface area contributed by atoms with E-state index in [0.29, 0.717) is 12.1 Å². The second-order valence-electron chi connectivity index (χ2n) is 8.51. The number of rotatable bonds is 6. The summed E-state index contributed by atoms with van der Waals surface area (Å²) in [5, 5.41) is 0.739. The van der Waals surface area contributed by atoms with E-state index in [2.05, 4.69) is 71.7 Å². The molecule has 5 heteroatoms. The van der Waals surface area contributed by atoms with E-state index in [1.807, 2.05) is 12.1 Å². The first-order valence-electron chi connectivity index (χ1n) is 10.6. The molecule has 0 spiro atoms. The van der Waals surface area contributed by atoms with Gasteiger partial charge in [-0.25, -0.2) is 4.98 Å². The molecule has 2 aromatic carbocycles. The Labute approximate surface area is 179 Å². The van der Waals surface area contributed by atoms with Gasteiger partial charge in [-0.05, 0) is 70.6 Å². The van der Waals surface area contributed by atoms with Gasteiger partial charge in [0.1, 0.15) is 5.82 Å². The first-order valence-corrected chi connectivity index (χ1v) is 11.0. The third-order valence-electron chi connectivity index (χ3n) is 6.22. The fraction of sp³-hybridized carbons (Fsp3) is 0.458. The predicted molar refractivity (Wildman–Crippen MR) is 121 cm³/mol. The standard InChI is InChI=1S/C24H31ClN4/c1-18(2)28-13-11-21(12-14-28)27(3)17-24-26-22-15-20(25)9-10-23(22)29(24)16-19-7-5-4-6-8-19/h4-10,15,18,21H,11-14,16-17H2,1-3H3. The van der Waals surface area contributed by atoms with Crippen LogP contribution in [-0.4, -0.2) is 51.6 Å². The number of likely N-dealkylation sites (tertiary alicyclic amines) is 1. The number of hydrogen-bond donors (Lipinski definition) is 0. The van der Waals surface area contributed by atoms with Crippen LogP contribution in [0.1, 0.15) is 38.1 Å². The van der Waals surface area contributed by atoms with Crippen LogP contribution in [0.25, 0.3) is 11.0 Å². The highest BCUT2D eigenvalue weighted by Gasteiger charge is 2.25. The highest BCUT2D eigenvalue weighted by atomic mass is 35.5. The summed E-state index contributed by atoms with van der Waals surface area (Å²) < 4.78 is 2.35. The molecule has 0 N–H and O–H groups in total. The summed E-state index contributed by atoms with van der Waals surface area (Å²) >= 11 is 6.24. The Morgan fingerprint density at radius 3 is 2.52 bits per heavy atom. The molecule has 3 aromatic rings. The van der Waals surface area contributed by atoms with E-state index >= 15 is 0 Å². The van der Waals surface area contributed by atoms with Gasteiger partial charge in [0.2, 0.25) is 0 Å². The number of halogens is 1. The predicted octanol–water partition coefficient (Wildman–Crippen LogP) is 5.04. The van der Waals surface area contributed by atoms with Gasteiger partial charge in [-0.15, -0.1) is 0 Å². The fourth-order valence-electron chi connectivity index (χ4n) is 4.41. The second kappa shape index (κ2) is 8.86. The third kappa shape index (κ3) is 4.66. The number of aromatic nitrogens is 2. The van der Waals surface area contributed by atoms with Crippen molar-refractivity contribution in [2.24, 2.45) is 0 Å². The maximum absolute atomic E-state index is 6.24. The quantitative estimate of drug-likeness (QED) is 0.568. The fourth-order valence-corrected chi connectivity index (χ4v) is 4.58. The smallest absolute Gasteiger partial charge is 0.124 e. The van der Waals surface area contributed by atoms with Crippen molar-refractivity contribution in [3.8, 4) is 0 Å². The lowest BCUT2D eigenvalue weighted by molar-refractivity contribution is 0.102. The second-order valence-corrected chi connectivity index (χ2v) is 8.95. The van der Waals surface area contributed by atoms with Crippen LogP contribution in [-0.2, 0) is 13.1 Å². The molecule has 0 aliphatic carbocycles. The molecular formula is C24H31ClN4. The lowest BCUT2D eigenvalue weighted by atomic mass is 10.0. The van der Waals surface area contributed by atoms with Crippen molar-refractivity contribution in [2.45, 2.75) is 51.9 Å². The van der Waals surface area contributed by atoms with E-state index in [-0.39, 0.29) is 0 Å². The van der Waals surface area contributed by atoms with Crippen LogP contribution in [0.2, 0.25) is 5.02 Å². The van der Waals surface area contributed by atoms with E-state index in [1.165, 1.54) is 31.5 Å². The van der Waals surface area contributed by atoms with Gasteiger partial charge in [-0.1, -0.05) is 41.9 Å². The van der Waals surface area contributed by atoms with Gasteiger partial charge in [0.25, 0.3) is 0 Å². The molecule has 4 rings (SSSR count). The van der Waals surface area contributed by atoms with Crippen molar-refractivity contribution in [1.29, 1.82) is 0 Å². The summed E-state index contributed by atoms with van der Waals surface area (Å²) in [6.45, 7) is 8.63. The van der Waals surface area contributed by atoms with Gasteiger partial charge < -0.3 is 9.47 Å². The van der Waals surface area contributed by atoms with Crippen molar-refractivity contribution in [2.75, 3.05) is 20.1 Å². The van der Waals surface area contributed by atoms with Gasteiger partial charge >= 0.3 is 0 Å². The highest BCUT2D eigenvalue weighted by molar-refractivity contribution is 6.31. The first-order chi connectivity index (χ1) is 14.0. The van der Waals surface area contributed by atoms with Crippen LogP contribution < -0.4 is 0 Å². The van der Waals surface area contributed by atoms with Gasteiger partial charge in [0.05, 0.1) is 17.6 Å². The zero-order valence-electron chi connectivity index (χ0n) is 17.7. The average molecular weight is 411 g/mol. The molecule has 0 saturated carbocycles. The summed E-state index contributed by atoms with van der Waals surface area (Å²) in [5.41, 5.74) is 3.42. The Hall–Kier alpha value is -1.88. The summed E-state index contributed by atoms with van der Waals surface area (Å²) in [5.74, 6) is 1.11. The Balaban J connectivity index is 1.57. The van der Waals surface area contributed by atoms with Gasteiger partial charge in [-0.3, -0.25) is 4.90 Å². The van der Waals surface area contributed by atoms with Crippen molar-refractivity contribution in [1.82, 2.24) is 19.4 Å². The SMILES string of the molecule is CC(C)N1CCC(N(C)Cc2nc3cc(Cl)ccc3n2Cc2ccccc2)CC1. The number of piperidine rings is 1. The van der Waals surface area contributed by atoms with E-state index in [1.54, 1.807) is 0 Å². The van der Waals surface area contributed by atoms with Crippen LogP contribution in [0.15, 0.2) is 48.5 Å². The Bertz CT molecular complexity index is 942. The molecule has 1 saturated heterocycles. The van der Waals surface area contributed by atoms with Crippen LogP contribution in [0.5, 0.6) is 0 Å². The van der Waals surface area contributed by atoms with E-state index in [9.17, 15) is 0 Å². The maximum Gasteiger partial charge on any atom is 0.124 e. The van der Waals surface area contributed by atoms with Crippen LogP contribution >= 0.6 is 11.6 Å². The Kier molecular flexibility index (Phi) is 6.23. The minimum absolute atomic E-state index is 0.610. The van der Waals surface area contributed by atoms with Crippen molar-refractivity contribution in [3.05, 3.63) is 64.9 Å². The molecule has 2 heterocycles. The number of imidazole rings is 1. The van der Waals surface area contributed by atoms with E-state index in [0.717, 1.165) is 35.0 Å². The lowest BCUT2D eigenvalue weighted by Crippen LogP contribution is -2.45. The molecule has 0 bridgehead atoms. The first kappa shape index (κ1) is 20.4. The molecule has 0 unspecified atom stereocenters. The van der Waals surface area contributed by atoms with Crippen LogP contribution in [0.3, 0.4) is 0 Å². The molecule has 154 valence electrons. The Morgan fingerprint density at radius 1 is 1.10 bits per heavy atom. The number of benzene rings is 2. The molecule has 0 radical (unpaired) electrons. The molecule has 4 nitrogen and oxygen atoms in total. The molecule has 1 aliphatic heterocycles. The normalized spacial score (nSPS) is 16.3. The molecule has 1 aromatic heterocycles. The molecule has 1 fully saturated rings. The minimum Gasteiger partial charge on any atom is -0.322 e. The zero-order chi connectivity index (χ0) is 20.4. The van der Waals surface area contributed by atoms with Gasteiger partial charge in [0.15, 0.2) is 0 Å². The summed E-state index contributed by atoms with van der Waals surface area (Å²) in [7, 11) is 2.24. The molecule has 0 amide bonds. The highest BCUT2D eigenvalue weighted by Crippen LogP contribution is 2.24. The molecule has 1 aliphatic rings. The topological polar surface area (TPSA) is 24.3 Å². The van der Waals surface area contributed by atoms with Gasteiger partial charge in [0, 0.05) is 23.7 Å². The van der Waals surface area contributed by atoms with Crippen LogP contribution in [0.4, 0.5) is 0 Å². The molecule has 29 heavy (non-hydrogen) atoms. The summed E-state index contributed by atoms with van der Waals surface area (Å²) in [6, 6.07) is 17.9. The number of hydrogen-bond acceptors (Lipinski definition) is 3. The van der Waals surface area contributed by atoms with Crippen LogP contribution in [0, 0.1) is 0 Å². The maximum atomic E-state index is 6.24. The monoisotopic (exact) mass is 410 g/mol. The minimum atomic E-state index is 0.610. The molecule has 0 atom stereocenters. The van der Waals surface area contributed by atoms with Crippen molar-refractivity contribution < 1.29 is 0 Å². The molecular weight excluding hydrogens is 380 g/mol. The zero-order valence-corrected chi connectivity index (χ0v) is 18.4. The Morgan fingerprint density at radius 2 is 1.83 bits per heavy atom. The number of fused-ring (bicyclic) bond motifs is 1. The van der Waals surface area contributed by atoms with Gasteiger partial charge in [-0.2, -0.15) is 0 Å². The van der Waals surface area contributed by atoms with Crippen molar-refractivity contribution in [3.63, 3.8) is 0 Å². The third-order valence-corrected chi connectivity index (χ3v) is 6.45. The lowest BCUT2D eigenvalue weighted by Gasteiger charge is -2.38. The number of nitrogens with zero attached hydrogens (tertiary/aromatic N) is 4. The summed E-state index contributed by atoms with van der Waals surface area (Å²) in [6.07, 6.45) is 2.44. The van der Waals surface area contributed by atoms with E-state index in [4.69, 9.17) is 16.6 Å².